The van der Waals surface area contributed by atoms with Crippen molar-refractivity contribution in [2.24, 2.45) is 5.73 Å². The molecule has 4 heteroatoms. The zero-order chi connectivity index (χ0) is 13.9. The summed E-state index contributed by atoms with van der Waals surface area (Å²) in [5.41, 5.74) is 8.28. The van der Waals surface area contributed by atoms with E-state index >= 15 is 0 Å². The Morgan fingerprint density at radius 2 is 2.25 bits per heavy atom. The standard InChI is InChI=1S/C16H21N3O/c17-13-4-3-9-19(11-13)16(20)8-7-12-10-18-15-6-2-1-5-14(12)15/h1-2,5-6,10,13,18H,3-4,7-9,11,17H2. The molecule has 1 atom stereocenters. The number of carbonyl (C=O) groups is 1. The molecule has 0 radical (unpaired) electrons. The number of aromatic nitrogens is 1. The van der Waals surface area contributed by atoms with Crippen molar-refractivity contribution in [1.82, 2.24) is 9.88 Å². The Kier molecular flexibility index (Phi) is 3.74. The van der Waals surface area contributed by atoms with E-state index in [4.69, 9.17) is 5.73 Å². The highest BCUT2D eigenvalue weighted by Crippen LogP contribution is 2.19. The molecular formula is C16H21N3O. The zero-order valence-electron chi connectivity index (χ0n) is 11.6. The second kappa shape index (κ2) is 5.67. The van der Waals surface area contributed by atoms with Crippen molar-refractivity contribution in [3.8, 4) is 0 Å². The number of nitrogens with zero attached hydrogens (tertiary/aromatic N) is 1. The summed E-state index contributed by atoms with van der Waals surface area (Å²) in [4.78, 5) is 17.4. The Morgan fingerprint density at radius 1 is 1.40 bits per heavy atom. The van der Waals surface area contributed by atoms with Crippen LogP contribution in [-0.2, 0) is 11.2 Å². The highest BCUT2D eigenvalue weighted by atomic mass is 16.2. The molecule has 3 N–H and O–H groups in total. The van der Waals surface area contributed by atoms with Gasteiger partial charge in [0.05, 0.1) is 0 Å². The number of rotatable bonds is 3. The van der Waals surface area contributed by atoms with Crippen LogP contribution in [0.2, 0.25) is 0 Å². The zero-order valence-corrected chi connectivity index (χ0v) is 11.6. The molecule has 0 spiro atoms. The number of hydrogen-bond acceptors (Lipinski definition) is 2. The summed E-state index contributed by atoms with van der Waals surface area (Å²) in [6.07, 6.45) is 5.43. The molecule has 0 bridgehead atoms. The summed E-state index contributed by atoms with van der Waals surface area (Å²) >= 11 is 0. The number of H-pyrrole nitrogens is 1. The molecule has 1 aliphatic rings. The van der Waals surface area contributed by atoms with Crippen LogP contribution in [0.1, 0.15) is 24.8 Å². The van der Waals surface area contributed by atoms with Gasteiger partial charge in [0.15, 0.2) is 0 Å². The number of aryl methyl sites for hydroxylation is 1. The first-order valence-electron chi connectivity index (χ1n) is 7.32. The fourth-order valence-electron chi connectivity index (χ4n) is 2.97. The van der Waals surface area contributed by atoms with E-state index in [9.17, 15) is 4.79 Å². The number of benzene rings is 1. The van der Waals surface area contributed by atoms with E-state index < -0.39 is 0 Å². The van der Waals surface area contributed by atoms with E-state index in [2.05, 4.69) is 17.1 Å². The van der Waals surface area contributed by atoms with Gasteiger partial charge >= 0.3 is 0 Å². The van der Waals surface area contributed by atoms with Gasteiger partial charge in [-0.2, -0.15) is 0 Å². The van der Waals surface area contributed by atoms with Gasteiger partial charge in [0.25, 0.3) is 0 Å². The topological polar surface area (TPSA) is 62.1 Å². The van der Waals surface area contributed by atoms with Gasteiger partial charge in [-0.1, -0.05) is 18.2 Å². The van der Waals surface area contributed by atoms with Crippen molar-refractivity contribution in [3.63, 3.8) is 0 Å². The lowest BCUT2D eigenvalue weighted by molar-refractivity contribution is -0.132. The second-order valence-electron chi connectivity index (χ2n) is 5.60. The first-order chi connectivity index (χ1) is 9.74. The van der Waals surface area contributed by atoms with Crippen LogP contribution >= 0.6 is 0 Å². The van der Waals surface area contributed by atoms with Gasteiger partial charge in [-0.25, -0.2) is 0 Å². The van der Waals surface area contributed by atoms with Crippen LogP contribution in [0.4, 0.5) is 0 Å². The number of aromatic amines is 1. The van der Waals surface area contributed by atoms with Crippen LogP contribution in [0.5, 0.6) is 0 Å². The number of piperidine rings is 1. The molecule has 1 amide bonds. The van der Waals surface area contributed by atoms with E-state index in [0.29, 0.717) is 13.0 Å². The molecule has 1 saturated heterocycles. The SMILES string of the molecule is NC1CCCN(C(=O)CCc2c[nH]c3ccccc23)C1. The third kappa shape index (κ3) is 2.70. The van der Waals surface area contributed by atoms with Crippen molar-refractivity contribution in [2.45, 2.75) is 31.7 Å². The highest BCUT2D eigenvalue weighted by Gasteiger charge is 2.21. The fraction of sp³-hybridized carbons (Fsp3) is 0.438. The van der Waals surface area contributed by atoms with Crippen molar-refractivity contribution in [1.29, 1.82) is 0 Å². The summed E-state index contributed by atoms with van der Waals surface area (Å²) in [5.74, 6) is 0.227. The lowest BCUT2D eigenvalue weighted by Crippen LogP contribution is -2.45. The summed E-state index contributed by atoms with van der Waals surface area (Å²) in [6, 6.07) is 8.36. The molecule has 1 aromatic heterocycles. The third-order valence-electron chi connectivity index (χ3n) is 4.09. The number of hydrogen-bond donors (Lipinski definition) is 2. The summed E-state index contributed by atoms with van der Waals surface area (Å²) in [6.45, 7) is 1.58. The Balaban J connectivity index is 1.63. The van der Waals surface area contributed by atoms with Crippen LogP contribution < -0.4 is 5.73 Å². The molecule has 3 rings (SSSR count). The number of nitrogens with one attached hydrogen (secondary N) is 1. The lowest BCUT2D eigenvalue weighted by atomic mass is 10.0. The number of nitrogens with two attached hydrogens (primary N) is 1. The predicted molar refractivity (Wildman–Crippen MR) is 80.4 cm³/mol. The van der Waals surface area contributed by atoms with Crippen LogP contribution in [0.3, 0.4) is 0 Å². The molecule has 0 aliphatic carbocycles. The minimum atomic E-state index is 0.154. The monoisotopic (exact) mass is 271 g/mol. The van der Waals surface area contributed by atoms with E-state index in [-0.39, 0.29) is 11.9 Å². The van der Waals surface area contributed by atoms with Gasteiger partial charge < -0.3 is 15.6 Å². The van der Waals surface area contributed by atoms with Gasteiger partial charge in [-0.05, 0) is 30.9 Å². The van der Waals surface area contributed by atoms with Crippen LogP contribution in [-0.4, -0.2) is 34.9 Å². The van der Waals surface area contributed by atoms with E-state index in [0.717, 1.165) is 31.3 Å². The molecule has 20 heavy (non-hydrogen) atoms. The Morgan fingerprint density at radius 3 is 3.10 bits per heavy atom. The average molecular weight is 271 g/mol. The Labute approximate surface area is 118 Å². The van der Waals surface area contributed by atoms with Crippen molar-refractivity contribution in [3.05, 3.63) is 36.0 Å². The first kappa shape index (κ1) is 13.2. The summed E-state index contributed by atoms with van der Waals surface area (Å²) < 4.78 is 0. The summed E-state index contributed by atoms with van der Waals surface area (Å²) in [5, 5.41) is 1.22. The smallest absolute Gasteiger partial charge is 0.222 e. The fourth-order valence-corrected chi connectivity index (χ4v) is 2.97. The van der Waals surface area contributed by atoms with Crippen molar-refractivity contribution in [2.75, 3.05) is 13.1 Å². The molecule has 1 fully saturated rings. The summed E-state index contributed by atoms with van der Waals surface area (Å²) in [7, 11) is 0. The van der Waals surface area contributed by atoms with Crippen LogP contribution in [0, 0.1) is 0 Å². The van der Waals surface area contributed by atoms with E-state index in [1.807, 2.05) is 23.2 Å². The quantitative estimate of drug-likeness (QED) is 0.897. The Bertz CT molecular complexity index is 605. The van der Waals surface area contributed by atoms with Gasteiger partial charge in [0.1, 0.15) is 0 Å². The molecular weight excluding hydrogens is 250 g/mol. The number of amides is 1. The number of para-hydroxylation sites is 1. The molecule has 0 saturated carbocycles. The van der Waals surface area contributed by atoms with Crippen molar-refractivity contribution < 1.29 is 4.79 Å². The van der Waals surface area contributed by atoms with Crippen LogP contribution in [0.25, 0.3) is 10.9 Å². The second-order valence-corrected chi connectivity index (χ2v) is 5.60. The predicted octanol–water partition coefficient (Wildman–Crippen LogP) is 2.05. The Hall–Kier alpha value is -1.81. The van der Waals surface area contributed by atoms with Gasteiger partial charge in [-0.3, -0.25) is 4.79 Å². The van der Waals surface area contributed by atoms with Crippen LogP contribution in [0.15, 0.2) is 30.5 Å². The van der Waals surface area contributed by atoms with Gasteiger partial charge in [0, 0.05) is 42.7 Å². The van der Waals surface area contributed by atoms with E-state index in [1.165, 1.54) is 10.9 Å². The van der Waals surface area contributed by atoms with E-state index in [1.54, 1.807) is 0 Å². The maximum atomic E-state index is 12.2. The normalized spacial score (nSPS) is 19.4. The average Bonchev–Trinajstić information content (AvgIpc) is 2.88. The lowest BCUT2D eigenvalue weighted by Gasteiger charge is -2.30. The number of likely N-dealkylation sites (tertiary alicyclic amines) is 1. The minimum absolute atomic E-state index is 0.154. The molecule has 2 aromatic rings. The number of fused-ring (bicyclic) bond motifs is 1. The molecule has 1 aromatic carbocycles. The maximum Gasteiger partial charge on any atom is 0.222 e. The molecule has 2 heterocycles. The maximum absolute atomic E-state index is 12.2. The third-order valence-corrected chi connectivity index (χ3v) is 4.09. The number of carbonyl (C=O) groups excluding carboxylic acids is 1. The largest absolute Gasteiger partial charge is 0.361 e. The van der Waals surface area contributed by atoms with Gasteiger partial charge in [-0.15, -0.1) is 0 Å². The molecule has 1 aliphatic heterocycles. The molecule has 4 nitrogen and oxygen atoms in total. The van der Waals surface area contributed by atoms with Gasteiger partial charge in [0.2, 0.25) is 5.91 Å². The minimum Gasteiger partial charge on any atom is -0.361 e. The first-order valence-corrected chi connectivity index (χ1v) is 7.32. The molecule has 1 unspecified atom stereocenters. The highest BCUT2D eigenvalue weighted by molar-refractivity contribution is 5.84. The molecule has 106 valence electrons. The van der Waals surface area contributed by atoms with Crippen molar-refractivity contribution >= 4 is 16.8 Å².